The summed E-state index contributed by atoms with van der Waals surface area (Å²) in [5.74, 6) is 0.120. The van der Waals surface area contributed by atoms with E-state index in [1.807, 2.05) is 0 Å². The smallest absolute Gasteiger partial charge is 0.371 e. The number of carbonyl (C=O) groups is 1. The Kier molecular flexibility index (Phi) is 8.58. The van der Waals surface area contributed by atoms with Gasteiger partial charge in [0.15, 0.2) is 0 Å². The molecule has 2 N–H and O–H groups in total. The second kappa shape index (κ2) is 8.80. The highest BCUT2D eigenvalue weighted by molar-refractivity contribution is 8.76. The van der Waals surface area contributed by atoms with E-state index in [0.717, 1.165) is 12.2 Å². The predicted molar refractivity (Wildman–Crippen MR) is 53.0 cm³/mol. The fourth-order valence-electron chi connectivity index (χ4n) is 0.363. The Labute approximate surface area is 79.6 Å². The van der Waals surface area contributed by atoms with Crippen LogP contribution in [0.4, 0.5) is 0 Å². The molecular weight excluding hydrogens is 197 g/mol. The van der Waals surface area contributed by atoms with Crippen molar-refractivity contribution in [3.8, 4) is 0 Å². The average molecular weight is 206 g/mol. The van der Waals surface area contributed by atoms with Crippen LogP contribution in [-0.2, 0) is 9.45 Å². The molecule has 0 aromatic rings. The highest BCUT2D eigenvalue weighted by atomic mass is 33.1. The van der Waals surface area contributed by atoms with Crippen molar-refractivity contribution in [3.05, 3.63) is 0 Å². The minimum atomic E-state index is -0.799. The molecular formula is C5H9BNO3S2. The number of rotatable bonds is 8. The molecule has 0 atom stereocenters. The van der Waals surface area contributed by atoms with Crippen molar-refractivity contribution in [1.29, 1.82) is 5.41 Å². The van der Waals surface area contributed by atoms with Gasteiger partial charge in [-0.25, -0.2) is 0 Å². The summed E-state index contributed by atoms with van der Waals surface area (Å²) < 4.78 is 4.54. The van der Waals surface area contributed by atoms with Gasteiger partial charge in [0.25, 0.3) is 0 Å². The molecule has 0 saturated heterocycles. The summed E-state index contributed by atoms with van der Waals surface area (Å²) in [7, 11) is 4.30. The van der Waals surface area contributed by atoms with E-state index in [1.165, 1.54) is 29.1 Å². The van der Waals surface area contributed by atoms with Gasteiger partial charge in [-0.05, 0) is 6.32 Å². The number of aliphatic carboxylic acids is 1. The zero-order valence-corrected chi connectivity index (χ0v) is 7.99. The van der Waals surface area contributed by atoms with E-state index in [2.05, 4.69) is 4.65 Å². The second-order valence-electron chi connectivity index (χ2n) is 1.69. The van der Waals surface area contributed by atoms with Crippen LogP contribution in [0.15, 0.2) is 0 Å². The lowest BCUT2D eigenvalue weighted by Gasteiger charge is -1.96. The molecule has 0 aromatic carbocycles. The van der Waals surface area contributed by atoms with Crippen LogP contribution >= 0.6 is 21.6 Å². The van der Waals surface area contributed by atoms with Crippen LogP contribution in [0.3, 0.4) is 0 Å². The van der Waals surface area contributed by atoms with Crippen molar-refractivity contribution in [2.24, 2.45) is 0 Å². The van der Waals surface area contributed by atoms with Crippen LogP contribution in [0, 0.1) is 5.41 Å². The van der Waals surface area contributed by atoms with Gasteiger partial charge in [-0.3, -0.25) is 10.2 Å². The van der Waals surface area contributed by atoms with Crippen LogP contribution in [0.1, 0.15) is 0 Å². The molecule has 0 rings (SSSR count). The summed E-state index contributed by atoms with van der Waals surface area (Å²) in [6.45, 7) is 0. The monoisotopic (exact) mass is 206 g/mol. The molecule has 0 aliphatic carbocycles. The first kappa shape index (κ1) is 11.7. The third-order valence-electron chi connectivity index (χ3n) is 0.749. The minimum Gasteiger partial charge on any atom is -0.556 e. The Bertz CT molecular complexity index is 147. The van der Waals surface area contributed by atoms with Crippen molar-refractivity contribution >= 4 is 41.4 Å². The van der Waals surface area contributed by atoms with Crippen molar-refractivity contribution in [2.45, 2.75) is 6.32 Å². The van der Waals surface area contributed by atoms with Gasteiger partial charge in [0.2, 0.25) is 0 Å². The van der Waals surface area contributed by atoms with Gasteiger partial charge in [0, 0.05) is 5.75 Å². The molecule has 0 aromatic heterocycles. The van der Waals surface area contributed by atoms with Gasteiger partial charge in [-0.15, -0.1) is 0 Å². The minimum absolute atomic E-state index is 0.121. The fraction of sp³-hybridized carbons (Fsp3) is 0.600. The molecule has 0 aliphatic heterocycles. The van der Waals surface area contributed by atoms with Crippen molar-refractivity contribution in [1.82, 2.24) is 0 Å². The summed E-state index contributed by atoms with van der Waals surface area (Å²) >= 11 is 0. The maximum atomic E-state index is 10.0. The molecule has 4 nitrogen and oxygen atoms in total. The zero-order valence-electron chi connectivity index (χ0n) is 6.36. The molecule has 0 spiro atoms. The third kappa shape index (κ3) is 9.70. The number of carboxylic acids is 1. The largest absolute Gasteiger partial charge is 0.556 e. The van der Waals surface area contributed by atoms with E-state index >= 15 is 0 Å². The molecule has 0 unspecified atom stereocenters. The SMILES string of the molecule is N=CO[B]CCSSCC(=O)O. The number of hydrogen-bond acceptors (Lipinski definition) is 5. The molecule has 12 heavy (non-hydrogen) atoms. The summed E-state index contributed by atoms with van der Waals surface area (Å²) in [4.78, 5) is 10.0. The Balaban J connectivity index is 2.90. The molecule has 0 aliphatic rings. The molecule has 0 amide bonds. The quantitative estimate of drug-likeness (QED) is 0.205. The molecule has 0 heterocycles. The Morgan fingerprint density at radius 1 is 1.67 bits per heavy atom. The first-order chi connectivity index (χ1) is 5.77. The lowest BCUT2D eigenvalue weighted by molar-refractivity contribution is -0.133. The number of hydrogen-bond donors (Lipinski definition) is 2. The van der Waals surface area contributed by atoms with E-state index < -0.39 is 5.97 Å². The maximum Gasteiger partial charge on any atom is 0.371 e. The van der Waals surface area contributed by atoms with Crippen LogP contribution in [-0.4, -0.2) is 36.5 Å². The van der Waals surface area contributed by atoms with Crippen LogP contribution < -0.4 is 0 Å². The highest BCUT2D eigenvalue weighted by Crippen LogP contribution is 2.21. The predicted octanol–water partition coefficient (Wildman–Crippen LogP) is 1.11. The third-order valence-corrected chi connectivity index (χ3v) is 3.04. The highest BCUT2D eigenvalue weighted by Gasteiger charge is 1.97. The first-order valence-electron chi connectivity index (χ1n) is 3.19. The number of nitrogens with one attached hydrogen (secondary N) is 1. The Morgan fingerprint density at radius 2 is 2.42 bits per heavy atom. The van der Waals surface area contributed by atoms with Crippen molar-refractivity contribution in [3.63, 3.8) is 0 Å². The summed E-state index contributed by atoms with van der Waals surface area (Å²) in [5, 5.41) is 14.8. The van der Waals surface area contributed by atoms with Crippen molar-refractivity contribution in [2.75, 3.05) is 11.5 Å². The van der Waals surface area contributed by atoms with Crippen LogP contribution in [0.5, 0.6) is 0 Å². The van der Waals surface area contributed by atoms with Crippen LogP contribution in [0.25, 0.3) is 0 Å². The average Bonchev–Trinajstić information content (AvgIpc) is 2.02. The lowest BCUT2D eigenvalue weighted by atomic mass is 9.98. The summed E-state index contributed by atoms with van der Waals surface area (Å²) in [5.41, 5.74) is 0. The van der Waals surface area contributed by atoms with Gasteiger partial charge < -0.3 is 9.76 Å². The van der Waals surface area contributed by atoms with E-state index in [4.69, 9.17) is 10.5 Å². The maximum absolute atomic E-state index is 10.0. The zero-order chi connectivity index (χ0) is 9.23. The van der Waals surface area contributed by atoms with Gasteiger partial charge in [-0.1, -0.05) is 21.6 Å². The van der Waals surface area contributed by atoms with Gasteiger partial charge >= 0.3 is 13.5 Å². The molecule has 1 radical (unpaired) electrons. The van der Waals surface area contributed by atoms with Crippen molar-refractivity contribution < 1.29 is 14.6 Å². The molecule has 7 heteroatoms. The first-order valence-corrected chi connectivity index (χ1v) is 5.68. The molecule has 67 valence electrons. The van der Waals surface area contributed by atoms with E-state index in [1.54, 1.807) is 0 Å². The van der Waals surface area contributed by atoms with Gasteiger partial charge in [-0.2, -0.15) is 0 Å². The van der Waals surface area contributed by atoms with E-state index in [0.29, 0.717) is 6.32 Å². The molecule has 0 bridgehead atoms. The second-order valence-corrected chi connectivity index (χ2v) is 4.27. The molecule has 0 saturated carbocycles. The van der Waals surface area contributed by atoms with Crippen LogP contribution in [0.2, 0.25) is 6.32 Å². The topological polar surface area (TPSA) is 70.4 Å². The van der Waals surface area contributed by atoms with E-state index in [9.17, 15) is 4.79 Å². The molecule has 0 fully saturated rings. The van der Waals surface area contributed by atoms with Gasteiger partial charge in [0.1, 0.15) is 12.2 Å². The normalized spacial score (nSPS) is 9.00. The fourth-order valence-corrected chi connectivity index (χ4v) is 2.05. The summed E-state index contributed by atoms with van der Waals surface area (Å²) in [6, 6.07) is 0. The number of carboxylic acid groups (broad SMARTS) is 1. The van der Waals surface area contributed by atoms with E-state index in [-0.39, 0.29) is 5.75 Å². The standard InChI is InChI=1S/C5H9BNO3S2/c7-4-10-6-1-2-11-12-3-5(8)9/h4,7H,1-3H2,(H,8,9). The summed E-state index contributed by atoms with van der Waals surface area (Å²) in [6.07, 6.45) is 1.57. The van der Waals surface area contributed by atoms with Gasteiger partial charge in [0.05, 0.1) is 0 Å². The Hall–Kier alpha value is -0.295. The lowest BCUT2D eigenvalue weighted by Crippen LogP contribution is -1.98. The Morgan fingerprint density at radius 3 is 3.00 bits per heavy atom.